The van der Waals surface area contributed by atoms with Crippen LogP contribution in [-0.2, 0) is 6.42 Å². The van der Waals surface area contributed by atoms with Gasteiger partial charge in [-0.2, -0.15) is 0 Å². The van der Waals surface area contributed by atoms with Gasteiger partial charge < -0.3 is 9.84 Å². The molecule has 0 atom stereocenters. The van der Waals surface area contributed by atoms with Crippen molar-refractivity contribution < 1.29 is 14.2 Å². The molecule has 0 amide bonds. The Labute approximate surface area is 96.1 Å². The molecule has 0 saturated heterocycles. The maximum atomic E-state index is 13.0. The van der Waals surface area contributed by atoms with Crippen LogP contribution < -0.4 is 4.74 Å². The highest BCUT2D eigenvalue weighted by atomic mass is 19.1. The van der Waals surface area contributed by atoms with Crippen LogP contribution in [0.4, 0.5) is 4.39 Å². The zero-order chi connectivity index (χ0) is 12.0. The van der Waals surface area contributed by atoms with E-state index in [1.165, 1.54) is 12.1 Å². The average Bonchev–Trinajstić information content (AvgIpc) is 2.21. The van der Waals surface area contributed by atoms with Crippen molar-refractivity contribution in [3.63, 3.8) is 0 Å². The second-order valence-corrected chi connectivity index (χ2v) is 4.26. The maximum absolute atomic E-state index is 13.0. The third-order valence-electron chi connectivity index (χ3n) is 2.36. The molecule has 3 heteroatoms. The molecule has 2 nitrogen and oxygen atoms in total. The van der Waals surface area contributed by atoms with Crippen LogP contribution in [0.2, 0.25) is 0 Å². The summed E-state index contributed by atoms with van der Waals surface area (Å²) in [7, 11) is 0. The lowest BCUT2D eigenvalue weighted by molar-refractivity contribution is 0.275. The standard InChI is InChI=1S/C13H19FO2/c1-10(2)6-8-16-13-9-12(14)4-3-11(13)5-7-15/h3-4,9-10,15H,5-8H2,1-2H3. The lowest BCUT2D eigenvalue weighted by Gasteiger charge is -2.12. The molecule has 0 aliphatic carbocycles. The highest BCUT2D eigenvalue weighted by Gasteiger charge is 2.05. The molecular weight excluding hydrogens is 207 g/mol. The Morgan fingerprint density at radius 2 is 2.12 bits per heavy atom. The molecular formula is C13H19FO2. The first-order valence-electron chi connectivity index (χ1n) is 5.65. The Morgan fingerprint density at radius 1 is 1.38 bits per heavy atom. The molecule has 90 valence electrons. The number of halogens is 1. The molecule has 0 saturated carbocycles. The van der Waals surface area contributed by atoms with Gasteiger partial charge in [0.05, 0.1) is 6.61 Å². The third-order valence-corrected chi connectivity index (χ3v) is 2.36. The van der Waals surface area contributed by atoms with E-state index in [2.05, 4.69) is 13.8 Å². The molecule has 0 radical (unpaired) electrons. The van der Waals surface area contributed by atoms with Gasteiger partial charge >= 0.3 is 0 Å². The Hall–Kier alpha value is -1.09. The minimum Gasteiger partial charge on any atom is -0.493 e. The second kappa shape index (κ2) is 6.48. The maximum Gasteiger partial charge on any atom is 0.126 e. The molecule has 0 aliphatic heterocycles. The van der Waals surface area contributed by atoms with Gasteiger partial charge in [-0.15, -0.1) is 0 Å². The minimum absolute atomic E-state index is 0.0478. The van der Waals surface area contributed by atoms with E-state index in [0.29, 0.717) is 24.7 Å². The SMILES string of the molecule is CC(C)CCOc1cc(F)ccc1CCO. The molecule has 0 unspecified atom stereocenters. The van der Waals surface area contributed by atoms with E-state index in [0.717, 1.165) is 12.0 Å². The van der Waals surface area contributed by atoms with E-state index in [1.54, 1.807) is 6.07 Å². The van der Waals surface area contributed by atoms with E-state index >= 15 is 0 Å². The van der Waals surface area contributed by atoms with Gasteiger partial charge in [0.25, 0.3) is 0 Å². The summed E-state index contributed by atoms with van der Waals surface area (Å²) in [5.74, 6) is 0.811. The predicted octanol–water partition coefficient (Wildman–Crippen LogP) is 2.79. The first-order valence-corrected chi connectivity index (χ1v) is 5.65. The fraction of sp³-hybridized carbons (Fsp3) is 0.538. The highest BCUT2D eigenvalue weighted by molar-refractivity contribution is 5.34. The fourth-order valence-corrected chi connectivity index (χ4v) is 1.39. The summed E-state index contributed by atoms with van der Waals surface area (Å²) in [5, 5.41) is 8.88. The van der Waals surface area contributed by atoms with Crippen molar-refractivity contribution >= 4 is 0 Å². The number of hydrogen-bond acceptors (Lipinski definition) is 2. The molecule has 0 spiro atoms. The molecule has 1 aromatic rings. The quantitative estimate of drug-likeness (QED) is 0.808. The summed E-state index contributed by atoms with van der Waals surface area (Å²) in [5.41, 5.74) is 0.854. The Bertz CT molecular complexity index is 324. The van der Waals surface area contributed by atoms with Gasteiger partial charge in [-0.05, 0) is 30.4 Å². The van der Waals surface area contributed by atoms with Crippen LogP contribution in [0.3, 0.4) is 0 Å². The lowest BCUT2D eigenvalue weighted by Crippen LogP contribution is -2.04. The number of rotatable bonds is 6. The van der Waals surface area contributed by atoms with Gasteiger partial charge in [0.15, 0.2) is 0 Å². The molecule has 1 rings (SSSR count). The predicted molar refractivity (Wildman–Crippen MR) is 62.1 cm³/mol. The van der Waals surface area contributed by atoms with Crippen LogP contribution in [-0.4, -0.2) is 18.3 Å². The van der Waals surface area contributed by atoms with Gasteiger partial charge in [-0.3, -0.25) is 0 Å². The third kappa shape index (κ3) is 4.19. The van der Waals surface area contributed by atoms with Crippen molar-refractivity contribution in [2.75, 3.05) is 13.2 Å². The van der Waals surface area contributed by atoms with Crippen molar-refractivity contribution in [3.05, 3.63) is 29.6 Å². The first-order chi connectivity index (χ1) is 7.63. The van der Waals surface area contributed by atoms with Crippen LogP contribution in [0, 0.1) is 11.7 Å². The summed E-state index contributed by atoms with van der Waals surface area (Å²) in [4.78, 5) is 0. The number of hydrogen-bond donors (Lipinski definition) is 1. The highest BCUT2D eigenvalue weighted by Crippen LogP contribution is 2.21. The van der Waals surface area contributed by atoms with Crippen LogP contribution >= 0.6 is 0 Å². The van der Waals surface area contributed by atoms with Crippen LogP contribution in [0.25, 0.3) is 0 Å². The smallest absolute Gasteiger partial charge is 0.126 e. The van der Waals surface area contributed by atoms with Crippen LogP contribution in [0.5, 0.6) is 5.75 Å². The topological polar surface area (TPSA) is 29.5 Å². The summed E-state index contributed by atoms with van der Waals surface area (Å²) in [6, 6.07) is 4.43. The molecule has 1 aromatic carbocycles. The molecule has 0 heterocycles. The fourth-order valence-electron chi connectivity index (χ4n) is 1.39. The Balaban J connectivity index is 2.64. The minimum atomic E-state index is -0.304. The molecule has 0 bridgehead atoms. The van der Waals surface area contributed by atoms with E-state index in [-0.39, 0.29) is 12.4 Å². The molecule has 0 fully saturated rings. The Morgan fingerprint density at radius 3 is 2.75 bits per heavy atom. The summed E-state index contributed by atoms with van der Waals surface area (Å²) >= 11 is 0. The zero-order valence-corrected chi connectivity index (χ0v) is 9.87. The summed E-state index contributed by atoms with van der Waals surface area (Å²) in [6.07, 6.45) is 1.44. The number of ether oxygens (including phenoxy) is 1. The lowest BCUT2D eigenvalue weighted by atomic mass is 10.1. The average molecular weight is 226 g/mol. The largest absolute Gasteiger partial charge is 0.493 e. The van der Waals surface area contributed by atoms with E-state index in [4.69, 9.17) is 9.84 Å². The van der Waals surface area contributed by atoms with Gasteiger partial charge in [0, 0.05) is 12.7 Å². The number of aliphatic hydroxyl groups excluding tert-OH is 1. The summed E-state index contributed by atoms with van der Waals surface area (Å²) < 4.78 is 18.6. The van der Waals surface area contributed by atoms with Gasteiger partial charge in [0.1, 0.15) is 11.6 Å². The zero-order valence-electron chi connectivity index (χ0n) is 9.87. The number of aliphatic hydroxyl groups is 1. The normalized spacial score (nSPS) is 10.8. The van der Waals surface area contributed by atoms with Crippen molar-refractivity contribution in [1.29, 1.82) is 0 Å². The van der Waals surface area contributed by atoms with E-state index in [9.17, 15) is 4.39 Å². The Kier molecular flexibility index (Phi) is 5.26. The van der Waals surface area contributed by atoms with E-state index in [1.807, 2.05) is 0 Å². The van der Waals surface area contributed by atoms with E-state index < -0.39 is 0 Å². The van der Waals surface area contributed by atoms with Crippen molar-refractivity contribution in [2.45, 2.75) is 26.7 Å². The molecule has 0 aliphatic rings. The van der Waals surface area contributed by atoms with Crippen molar-refractivity contribution in [1.82, 2.24) is 0 Å². The van der Waals surface area contributed by atoms with Crippen LogP contribution in [0.1, 0.15) is 25.8 Å². The summed E-state index contributed by atoms with van der Waals surface area (Å²) in [6.45, 7) is 4.86. The molecule has 16 heavy (non-hydrogen) atoms. The van der Waals surface area contributed by atoms with Gasteiger partial charge in [-0.25, -0.2) is 4.39 Å². The molecule has 0 aromatic heterocycles. The van der Waals surface area contributed by atoms with Gasteiger partial charge in [-0.1, -0.05) is 19.9 Å². The number of benzene rings is 1. The molecule has 1 N–H and O–H groups in total. The first kappa shape index (κ1) is 13.0. The van der Waals surface area contributed by atoms with Gasteiger partial charge in [0.2, 0.25) is 0 Å². The van der Waals surface area contributed by atoms with Crippen molar-refractivity contribution in [2.24, 2.45) is 5.92 Å². The van der Waals surface area contributed by atoms with Crippen LogP contribution in [0.15, 0.2) is 18.2 Å². The van der Waals surface area contributed by atoms with Crippen molar-refractivity contribution in [3.8, 4) is 5.75 Å². The second-order valence-electron chi connectivity index (χ2n) is 4.26. The monoisotopic (exact) mass is 226 g/mol.